The molecule has 0 aliphatic heterocycles. The minimum absolute atomic E-state index is 0.161. The van der Waals surface area contributed by atoms with Crippen molar-refractivity contribution in [3.05, 3.63) is 33.0 Å². The number of carbonyl (C=O) groups excluding carboxylic acids is 1. The van der Waals surface area contributed by atoms with E-state index in [0.717, 1.165) is 3.57 Å². The summed E-state index contributed by atoms with van der Waals surface area (Å²) in [6.45, 7) is 2.19. The number of nitrogens with zero attached hydrogens (tertiary/aromatic N) is 3. The Labute approximate surface area is 148 Å². The maximum absolute atomic E-state index is 12.6. The number of hydrogen-bond acceptors (Lipinski definition) is 6. The van der Waals surface area contributed by atoms with Crippen LogP contribution in [0, 0.1) is 3.57 Å². The highest BCUT2D eigenvalue weighted by Gasteiger charge is 2.20. The molecule has 0 aliphatic rings. The zero-order chi connectivity index (χ0) is 17.0. The molecule has 23 heavy (non-hydrogen) atoms. The largest absolute Gasteiger partial charge is 0.493 e. The summed E-state index contributed by atoms with van der Waals surface area (Å²) in [5.74, 6) is 1.97. The van der Waals surface area contributed by atoms with Crippen molar-refractivity contribution < 1.29 is 18.8 Å². The van der Waals surface area contributed by atoms with E-state index in [1.165, 1.54) is 12.0 Å². The summed E-state index contributed by atoms with van der Waals surface area (Å²) < 4.78 is 16.4. The summed E-state index contributed by atoms with van der Waals surface area (Å²) in [7, 11) is 4.78. The van der Waals surface area contributed by atoms with Crippen LogP contribution in [0.2, 0.25) is 0 Å². The van der Waals surface area contributed by atoms with Gasteiger partial charge in [0.2, 0.25) is 5.89 Å². The van der Waals surface area contributed by atoms with E-state index in [4.69, 9.17) is 14.0 Å². The lowest BCUT2D eigenvalue weighted by atomic mass is 10.1. The molecule has 1 heterocycles. The second kappa shape index (κ2) is 7.62. The minimum atomic E-state index is -0.161. The van der Waals surface area contributed by atoms with Crippen molar-refractivity contribution in [1.29, 1.82) is 0 Å². The van der Waals surface area contributed by atoms with Gasteiger partial charge in [-0.15, -0.1) is 0 Å². The summed E-state index contributed by atoms with van der Waals surface area (Å²) in [5.41, 5.74) is 0.529. The van der Waals surface area contributed by atoms with E-state index in [1.807, 2.05) is 6.92 Å². The Morgan fingerprint density at radius 1 is 1.30 bits per heavy atom. The number of rotatable bonds is 6. The van der Waals surface area contributed by atoms with Crippen LogP contribution in [0.15, 0.2) is 16.7 Å². The quantitative estimate of drug-likeness (QED) is 0.655. The highest BCUT2D eigenvalue weighted by molar-refractivity contribution is 14.1. The first-order valence-corrected chi connectivity index (χ1v) is 8.06. The Bertz CT molecular complexity index is 702. The van der Waals surface area contributed by atoms with Crippen LogP contribution >= 0.6 is 22.6 Å². The van der Waals surface area contributed by atoms with Gasteiger partial charge in [0.05, 0.1) is 26.3 Å². The van der Waals surface area contributed by atoms with Crippen molar-refractivity contribution in [3.8, 4) is 11.5 Å². The number of halogens is 1. The smallest absolute Gasteiger partial charge is 0.255 e. The van der Waals surface area contributed by atoms with Crippen molar-refractivity contribution in [2.24, 2.45) is 0 Å². The van der Waals surface area contributed by atoms with Gasteiger partial charge in [0.25, 0.3) is 5.91 Å². The van der Waals surface area contributed by atoms with Crippen LogP contribution in [-0.2, 0) is 13.0 Å². The predicted octanol–water partition coefficient (Wildman–Crippen LogP) is 2.53. The number of benzene rings is 1. The molecule has 0 saturated heterocycles. The van der Waals surface area contributed by atoms with Gasteiger partial charge in [-0.3, -0.25) is 4.79 Å². The number of carbonyl (C=O) groups is 1. The van der Waals surface area contributed by atoms with Gasteiger partial charge in [-0.2, -0.15) is 4.98 Å². The van der Waals surface area contributed by atoms with Crippen LogP contribution in [-0.4, -0.2) is 42.2 Å². The fraction of sp³-hybridized carbons (Fsp3) is 0.400. The molecule has 2 rings (SSSR count). The van der Waals surface area contributed by atoms with Gasteiger partial charge >= 0.3 is 0 Å². The van der Waals surface area contributed by atoms with Gasteiger partial charge in [0.1, 0.15) is 0 Å². The molecule has 1 amide bonds. The first-order chi connectivity index (χ1) is 11.0. The number of ether oxygens (including phenoxy) is 2. The molecular formula is C15H18IN3O4. The molecule has 0 fully saturated rings. The van der Waals surface area contributed by atoms with Gasteiger partial charge in [-0.25, -0.2) is 0 Å². The lowest BCUT2D eigenvalue weighted by Gasteiger charge is -2.17. The lowest BCUT2D eigenvalue weighted by molar-refractivity contribution is 0.0768. The van der Waals surface area contributed by atoms with Crippen molar-refractivity contribution >= 4 is 28.5 Å². The summed E-state index contributed by atoms with van der Waals surface area (Å²) in [5, 5.41) is 3.83. The molecule has 0 bridgehead atoms. The normalized spacial score (nSPS) is 10.5. The number of aromatic nitrogens is 2. The van der Waals surface area contributed by atoms with Crippen molar-refractivity contribution in [1.82, 2.24) is 15.0 Å². The van der Waals surface area contributed by atoms with Crippen LogP contribution in [0.4, 0.5) is 0 Å². The molecule has 1 aromatic carbocycles. The van der Waals surface area contributed by atoms with E-state index >= 15 is 0 Å². The molecule has 0 N–H and O–H groups in total. The van der Waals surface area contributed by atoms with Crippen molar-refractivity contribution in [2.45, 2.75) is 19.9 Å². The van der Waals surface area contributed by atoms with Gasteiger partial charge in [-0.1, -0.05) is 12.1 Å². The van der Waals surface area contributed by atoms with Gasteiger partial charge in [-0.05, 0) is 34.7 Å². The van der Waals surface area contributed by atoms with E-state index in [2.05, 4.69) is 32.7 Å². The van der Waals surface area contributed by atoms with Crippen LogP contribution in [0.25, 0.3) is 0 Å². The molecule has 0 spiro atoms. The molecule has 0 unspecified atom stereocenters. The van der Waals surface area contributed by atoms with E-state index < -0.39 is 0 Å². The average molecular weight is 431 g/mol. The molecule has 0 radical (unpaired) electrons. The summed E-state index contributed by atoms with van der Waals surface area (Å²) in [4.78, 5) is 18.4. The topological polar surface area (TPSA) is 77.7 Å². The molecule has 0 aliphatic carbocycles. The highest BCUT2D eigenvalue weighted by atomic mass is 127. The maximum atomic E-state index is 12.6. The number of aryl methyl sites for hydroxylation is 1. The third-order valence-corrected chi connectivity index (χ3v) is 4.14. The maximum Gasteiger partial charge on any atom is 0.255 e. The van der Waals surface area contributed by atoms with Crippen molar-refractivity contribution in [3.63, 3.8) is 0 Å². The molecule has 1 aromatic heterocycles. The molecule has 7 nitrogen and oxygen atoms in total. The first-order valence-electron chi connectivity index (χ1n) is 6.98. The fourth-order valence-electron chi connectivity index (χ4n) is 2.00. The molecule has 124 valence electrons. The Morgan fingerprint density at radius 3 is 2.52 bits per heavy atom. The minimum Gasteiger partial charge on any atom is -0.493 e. The predicted molar refractivity (Wildman–Crippen MR) is 91.7 cm³/mol. The SMILES string of the molecule is CCc1noc(CN(C)C(=O)c2cc(OC)c(OC)cc2I)n1. The fourth-order valence-corrected chi connectivity index (χ4v) is 2.67. The molecular weight excluding hydrogens is 413 g/mol. The molecule has 0 saturated carbocycles. The lowest BCUT2D eigenvalue weighted by Crippen LogP contribution is -2.27. The Balaban J connectivity index is 2.21. The van der Waals surface area contributed by atoms with Crippen LogP contribution < -0.4 is 9.47 Å². The van der Waals surface area contributed by atoms with Crippen LogP contribution in [0.1, 0.15) is 29.0 Å². The molecule has 2 aromatic rings. The highest BCUT2D eigenvalue weighted by Crippen LogP contribution is 2.31. The second-order valence-corrected chi connectivity index (χ2v) is 5.97. The van der Waals surface area contributed by atoms with E-state index in [9.17, 15) is 4.79 Å². The van der Waals surface area contributed by atoms with E-state index in [0.29, 0.717) is 35.2 Å². The Morgan fingerprint density at radius 2 is 1.96 bits per heavy atom. The van der Waals surface area contributed by atoms with Gasteiger partial charge in [0.15, 0.2) is 17.3 Å². The Hall–Kier alpha value is -1.84. The third-order valence-electron chi connectivity index (χ3n) is 3.25. The zero-order valence-electron chi connectivity index (χ0n) is 13.4. The first kappa shape index (κ1) is 17.5. The summed E-state index contributed by atoms with van der Waals surface area (Å²) in [6, 6.07) is 3.44. The number of hydrogen-bond donors (Lipinski definition) is 0. The van der Waals surface area contributed by atoms with E-state index in [1.54, 1.807) is 26.3 Å². The van der Waals surface area contributed by atoms with Crippen LogP contribution in [0.3, 0.4) is 0 Å². The second-order valence-electron chi connectivity index (χ2n) is 4.81. The monoisotopic (exact) mass is 431 g/mol. The zero-order valence-corrected chi connectivity index (χ0v) is 15.6. The Kier molecular flexibility index (Phi) is 5.80. The molecule has 0 atom stereocenters. The summed E-state index contributed by atoms with van der Waals surface area (Å²) >= 11 is 2.10. The summed E-state index contributed by atoms with van der Waals surface area (Å²) in [6.07, 6.45) is 0.689. The van der Waals surface area contributed by atoms with Gasteiger partial charge in [0, 0.05) is 17.0 Å². The van der Waals surface area contributed by atoms with Crippen LogP contribution in [0.5, 0.6) is 11.5 Å². The number of methoxy groups -OCH3 is 2. The van der Waals surface area contributed by atoms with E-state index in [-0.39, 0.29) is 12.5 Å². The standard InChI is InChI=1S/C15H18IN3O4/c1-5-13-17-14(23-18-13)8-19(2)15(20)9-6-11(21-3)12(22-4)7-10(9)16/h6-7H,5,8H2,1-4H3. The average Bonchev–Trinajstić information content (AvgIpc) is 3.01. The molecule has 8 heteroatoms. The van der Waals surface area contributed by atoms with Crippen molar-refractivity contribution in [2.75, 3.05) is 21.3 Å². The van der Waals surface area contributed by atoms with Gasteiger partial charge < -0.3 is 18.9 Å². The number of amides is 1. The third kappa shape index (κ3) is 3.92.